The highest BCUT2D eigenvalue weighted by atomic mass is 19.1. The zero-order chi connectivity index (χ0) is 17.3. The van der Waals surface area contributed by atoms with Crippen molar-refractivity contribution in [3.05, 3.63) is 35.6 Å². The van der Waals surface area contributed by atoms with E-state index in [1.54, 1.807) is 12.1 Å². The van der Waals surface area contributed by atoms with Crippen LogP contribution in [0.5, 0.6) is 0 Å². The molecule has 4 rings (SSSR count). The highest BCUT2D eigenvalue weighted by Gasteiger charge is 2.46. The quantitative estimate of drug-likeness (QED) is 0.842. The van der Waals surface area contributed by atoms with Crippen molar-refractivity contribution in [2.24, 2.45) is 5.92 Å². The number of ether oxygens (including phenoxy) is 2. The van der Waals surface area contributed by atoms with Crippen LogP contribution in [0.1, 0.15) is 44.1 Å². The second-order valence-corrected chi connectivity index (χ2v) is 7.54. The van der Waals surface area contributed by atoms with E-state index in [4.69, 9.17) is 9.47 Å². The summed E-state index contributed by atoms with van der Waals surface area (Å²) in [5.41, 5.74) is 0.516. The SMILES string of the molecule is O=C(N1CCC(C2OCCO2)CC1)C1(c2ccc(F)cc2)CCCC1. The van der Waals surface area contributed by atoms with Crippen molar-refractivity contribution in [1.29, 1.82) is 0 Å². The number of nitrogens with zero attached hydrogens (tertiary/aromatic N) is 1. The van der Waals surface area contributed by atoms with E-state index in [1.165, 1.54) is 12.1 Å². The monoisotopic (exact) mass is 347 g/mol. The van der Waals surface area contributed by atoms with Crippen LogP contribution in [0, 0.1) is 11.7 Å². The lowest BCUT2D eigenvalue weighted by molar-refractivity contribution is -0.142. The fraction of sp³-hybridized carbons (Fsp3) is 0.650. The summed E-state index contributed by atoms with van der Waals surface area (Å²) in [6.07, 6.45) is 5.62. The lowest BCUT2D eigenvalue weighted by Crippen LogP contribution is -2.49. The molecule has 0 atom stereocenters. The molecule has 0 aromatic heterocycles. The number of hydrogen-bond acceptors (Lipinski definition) is 3. The van der Waals surface area contributed by atoms with Gasteiger partial charge in [-0.25, -0.2) is 4.39 Å². The van der Waals surface area contributed by atoms with Crippen LogP contribution in [0.15, 0.2) is 24.3 Å². The third-order valence-corrected chi connectivity index (χ3v) is 6.12. The van der Waals surface area contributed by atoms with E-state index in [-0.39, 0.29) is 18.0 Å². The van der Waals surface area contributed by atoms with E-state index < -0.39 is 5.41 Å². The number of likely N-dealkylation sites (tertiary alicyclic amines) is 1. The minimum Gasteiger partial charge on any atom is -0.350 e. The van der Waals surface area contributed by atoms with Crippen LogP contribution in [0.4, 0.5) is 4.39 Å². The molecule has 2 saturated heterocycles. The minimum atomic E-state index is -0.457. The van der Waals surface area contributed by atoms with Crippen LogP contribution in [0.25, 0.3) is 0 Å². The normalized spacial score (nSPS) is 24.8. The first kappa shape index (κ1) is 17.0. The van der Waals surface area contributed by atoms with E-state index in [1.807, 2.05) is 4.90 Å². The Labute approximate surface area is 148 Å². The third kappa shape index (κ3) is 3.20. The molecule has 0 unspecified atom stereocenters. The fourth-order valence-corrected chi connectivity index (χ4v) is 4.70. The van der Waals surface area contributed by atoms with Crippen molar-refractivity contribution in [2.45, 2.75) is 50.2 Å². The van der Waals surface area contributed by atoms with E-state index >= 15 is 0 Å². The van der Waals surface area contributed by atoms with Gasteiger partial charge in [-0.15, -0.1) is 0 Å². The molecule has 2 aliphatic heterocycles. The molecule has 1 aromatic carbocycles. The number of piperidine rings is 1. The number of hydrogen-bond donors (Lipinski definition) is 0. The Morgan fingerprint density at radius 3 is 2.24 bits per heavy atom. The van der Waals surface area contributed by atoms with Gasteiger partial charge in [0.25, 0.3) is 0 Å². The summed E-state index contributed by atoms with van der Waals surface area (Å²) < 4.78 is 24.6. The number of carbonyl (C=O) groups excluding carboxylic acids is 1. The first-order valence-corrected chi connectivity index (χ1v) is 9.48. The van der Waals surface area contributed by atoms with Gasteiger partial charge in [-0.3, -0.25) is 4.79 Å². The molecular weight excluding hydrogens is 321 g/mol. The average molecular weight is 347 g/mol. The Morgan fingerprint density at radius 2 is 1.64 bits per heavy atom. The lowest BCUT2D eigenvalue weighted by Gasteiger charge is -2.39. The van der Waals surface area contributed by atoms with E-state index in [0.717, 1.165) is 57.2 Å². The van der Waals surface area contributed by atoms with Gasteiger partial charge in [0.05, 0.1) is 18.6 Å². The standard InChI is InChI=1S/C20H26FNO3/c21-17-5-3-16(4-6-17)20(9-1-2-10-20)19(23)22-11-7-15(8-12-22)18-24-13-14-25-18/h3-6,15,18H,1-2,7-14H2. The van der Waals surface area contributed by atoms with Gasteiger partial charge in [-0.1, -0.05) is 25.0 Å². The molecule has 1 aliphatic carbocycles. The zero-order valence-electron chi connectivity index (χ0n) is 14.6. The van der Waals surface area contributed by atoms with Crippen LogP contribution in [0.2, 0.25) is 0 Å². The van der Waals surface area contributed by atoms with Crippen LogP contribution in [-0.4, -0.2) is 43.4 Å². The van der Waals surface area contributed by atoms with Gasteiger partial charge in [0.1, 0.15) is 5.82 Å². The van der Waals surface area contributed by atoms with Gasteiger partial charge in [-0.05, 0) is 43.4 Å². The molecule has 2 heterocycles. The molecular formula is C20H26FNO3. The van der Waals surface area contributed by atoms with Gasteiger partial charge in [0.2, 0.25) is 5.91 Å². The molecule has 1 aromatic rings. The Balaban J connectivity index is 1.47. The molecule has 136 valence electrons. The molecule has 0 radical (unpaired) electrons. The smallest absolute Gasteiger partial charge is 0.233 e. The van der Waals surface area contributed by atoms with Crippen molar-refractivity contribution in [1.82, 2.24) is 4.90 Å². The van der Waals surface area contributed by atoms with Crippen molar-refractivity contribution in [3.63, 3.8) is 0 Å². The van der Waals surface area contributed by atoms with E-state index in [0.29, 0.717) is 19.1 Å². The summed E-state index contributed by atoms with van der Waals surface area (Å²) in [6.45, 7) is 2.88. The number of halogens is 1. The molecule has 3 fully saturated rings. The molecule has 1 amide bonds. The maximum Gasteiger partial charge on any atom is 0.233 e. The minimum absolute atomic E-state index is 0.0882. The molecule has 1 saturated carbocycles. The fourth-order valence-electron chi connectivity index (χ4n) is 4.70. The Bertz CT molecular complexity index is 598. The zero-order valence-corrected chi connectivity index (χ0v) is 14.6. The molecule has 0 N–H and O–H groups in total. The summed E-state index contributed by atoms with van der Waals surface area (Å²) in [5.74, 6) is 0.363. The maximum absolute atomic E-state index is 13.4. The number of amides is 1. The lowest BCUT2D eigenvalue weighted by atomic mass is 9.77. The number of benzene rings is 1. The predicted octanol–water partition coefficient (Wildman–Crippen LogP) is 3.25. The molecule has 5 heteroatoms. The van der Waals surface area contributed by atoms with Crippen LogP contribution < -0.4 is 0 Å². The highest BCUT2D eigenvalue weighted by Crippen LogP contribution is 2.43. The van der Waals surface area contributed by atoms with Gasteiger partial charge in [-0.2, -0.15) is 0 Å². The van der Waals surface area contributed by atoms with Crippen molar-refractivity contribution < 1.29 is 18.7 Å². The van der Waals surface area contributed by atoms with Crippen LogP contribution in [0.3, 0.4) is 0 Å². The van der Waals surface area contributed by atoms with Crippen molar-refractivity contribution in [2.75, 3.05) is 26.3 Å². The molecule has 0 spiro atoms. The van der Waals surface area contributed by atoms with E-state index in [9.17, 15) is 9.18 Å². The summed E-state index contributed by atoms with van der Waals surface area (Å²) in [7, 11) is 0. The van der Waals surface area contributed by atoms with Crippen LogP contribution in [-0.2, 0) is 19.7 Å². The molecule has 0 bridgehead atoms. The van der Waals surface area contributed by atoms with Gasteiger partial charge in [0.15, 0.2) is 6.29 Å². The predicted molar refractivity (Wildman–Crippen MR) is 91.5 cm³/mol. The van der Waals surface area contributed by atoms with Crippen molar-refractivity contribution in [3.8, 4) is 0 Å². The van der Waals surface area contributed by atoms with Gasteiger partial charge in [0, 0.05) is 19.0 Å². The summed E-state index contributed by atoms with van der Waals surface area (Å²) in [6, 6.07) is 6.55. The first-order chi connectivity index (χ1) is 12.2. The maximum atomic E-state index is 13.4. The third-order valence-electron chi connectivity index (χ3n) is 6.12. The Hall–Kier alpha value is -1.46. The summed E-state index contributed by atoms with van der Waals surface area (Å²) in [4.78, 5) is 15.4. The second kappa shape index (κ2) is 7.04. The molecule has 4 nitrogen and oxygen atoms in total. The van der Waals surface area contributed by atoms with Gasteiger partial charge < -0.3 is 14.4 Å². The van der Waals surface area contributed by atoms with Gasteiger partial charge >= 0.3 is 0 Å². The van der Waals surface area contributed by atoms with Crippen LogP contribution >= 0.6 is 0 Å². The molecule has 3 aliphatic rings. The Morgan fingerprint density at radius 1 is 1.04 bits per heavy atom. The van der Waals surface area contributed by atoms with Crippen molar-refractivity contribution >= 4 is 5.91 Å². The summed E-state index contributed by atoms with van der Waals surface area (Å²) in [5, 5.41) is 0. The Kier molecular flexibility index (Phi) is 4.78. The molecule has 25 heavy (non-hydrogen) atoms. The summed E-state index contributed by atoms with van der Waals surface area (Å²) >= 11 is 0. The first-order valence-electron chi connectivity index (χ1n) is 9.48. The largest absolute Gasteiger partial charge is 0.350 e. The number of rotatable bonds is 3. The average Bonchev–Trinajstić information content (AvgIpc) is 3.34. The topological polar surface area (TPSA) is 38.8 Å². The number of carbonyl (C=O) groups is 1. The second-order valence-electron chi connectivity index (χ2n) is 7.54. The van der Waals surface area contributed by atoms with E-state index in [2.05, 4.69) is 0 Å². The highest BCUT2D eigenvalue weighted by molar-refractivity contribution is 5.88.